The molecule has 2 nitrogen and oxygen atoms in total. The molecule has 1 unspecified atom stereocenters. The maximum absolute atomic E-state index is 14.2. The van der Waals surface area contributed by atoms with E-state index in [4.69, 9.17) is 0 Å². The maximum Gasteiger partial charge on any atom is 0.204 e. The molecule has 0 heterocycles. The summed E-state index contributed by atoms with van der Waals surface area (Å²) >= 11 is 0. The van der Waals surface area contributed by atoms with Gasteiger partial charge in [-0.2, -0.15) is 0 Å². The zero-order valence-corrected chi connectivity index (χ0v) is 15.7. The van der Waals surface area contributed by atoms with Gasteiger partial charge in [-0.15, -0.1) is 6.58 Å². The lowest BCUT2D eigenvalue weighted by Crippen LogP contribution is -2.40. The Hall–Kier alpha value is -1.63. The van der Waals surface area contributed by atoms with Gasteiger partial charge in [-0.05, 0) is 49.4 Å². The van der Waals surface area contributed by atoms with Crippen LogP contribution in [0.2, 0.25) is 0 Å². The quantitative estimate of drug-likeness (QED) is 0.559. The fraction of sp³-hybridized carbons (Fsp3) is 0.364. The zero-order chi connectivity index (χ0) is 17.5. The van der Waals surface area contributed by atoms with E-state index >= 15 is 0 Å². The lowest BCUT2D eigenvalue weighted by Gasteiger charge is -2.34. The van der Waals surface area contributed by atoms with Gasteiger partial charge >= 0.3 is 0 Å². The number of rotatable bonds is 7. The second-order valence-corrected chi connectivity index (χ2v) is 9.45. The molecular formula is C22H28NOP. The van der Waals surface area contributed by atoms with E-state index in [1.807, 2.05) is 66.7 Å². The largest absolute Gasteiger partial charge is 0.297 e. The molecular weight excluding hydrogens is 325 g/mol. The van der Waals surface area contributed by atoms with E-state index in [2.05, 4.69) is 11.7 Å². The Morgan fingerprint density at radius 3 is 1.96 bits per heavy atom. The molecule has 3 rings (SSSR count). The fourth-order valence-electron chi connectivity index (χ4n) is 3.87. The van der Waals surface area contributed by atoms with Crippen LogP contribution >= 0.6 is 7.29 Å². The highest BCUT2D eigenvalue weighted by Gasteiger charge is 2.33. The summed E-state index contributed by atoms with van der Waals surface area (Å²) in [5.41, 5.74) is 0. The van der Waals surface area contributed by atoms with Crippen molar-refractivity contribution >= 4 is 17.9 Å². The average molecular weight is 353 g/mol. The predicted octanol–water partition coefficient (Wildman–Crippen LogP) is 5.03. The Morgan fingerprint density at radius 2 is 1.48 bits per heavy atom. The Bertz CT molecular complexity index is 664. The van der Waals surface area contributed by atoms with Crippen molar-refractivity contribution < 1.29 is 4.57 Å². The highest BCUT2D eigenvalue weighted by molar-refractivity contribution is 7.76. The average Bonchev–Trinajstić information content (AvgIpc) is 2.69. The highest BCUT2D eigenvalue weighted by Crippen LogP contribution is 2.42. The highest BCUT2D eigenvalue weighted by atomic mass is 31.2. The number of nitrogens with one attached hydrogen (secondary N) is 1. The lowest BCUT2D eigenvalue weighted by molar-refractivity contribution is 0.292. The van der Waals surface area contributed by atoms with Crippen molar-refractivity contribution in [3.8, 4) is 0 Å². The monoisotopic (exact) mass is 353 g/mol. The first-order valence-corrected chi connectivity index (χ1v) is 11.0. The van der Waals surface area contributed by atoms with E-state index in [9.17, 15) is 4.57 Å². The number of benzene rings is 2. The Morgan fingerprint density at radius 1 is 0.960 bits per heavy atom. The van der Waals surface area contributed by atoms with Gasteiger partial charge in [0.1, 0.15) is 0 Å². The summed E-state index contributed by atoms with van der Waals surface area (Å²) in [6.07, 6.45) is 9.14. The van der Waals surface area contributed by atoms with Gasteiger partial charge in [0.2, 0.25) is 7.29 Å². The van der Waals surface area contributed by atoms with Gasteiger partial charge in [0.15, 0.2) is 0 Å². The van der Waals surface area contributed by atoms with Crippen LogP contribution < -0.4 is 15.7 Å². The van der Waals surface area contributed by atoms with Gasteiger partial charge in [-0.25, -0.2) is 0 Å². The lowest BCUT2D eigenvalue weighted by atomic mass is 9.83. The smallest absolute Gasteiger partial charge is 0.204 e. The molecule has 0 aromatic heterocycles. The van der Waals surface area contributed by atoms with Crippen LogP contribution in [0.15, 0.2) is 73.3 Å². The molecule has 1 atom stereocenters. The van der Waals surface area contributed by atoms with Crippen molar-refractivity contribution in [3.63, 3.8) is 0 Å². The minimum atomic E-state index is -2.87. The van der Waals surface area contributed by atoms with Crippen molar-refractivity contribution in [3.05, 3.63) is 73.3 Å². The van der Waals surface area contributed by atoms with Crippen LogP contribution in [0.25, 0.3) is 0 Å². The van der Waals surface area contributed by atoms with Gasteiger partial charge in [-0.3, -0.25) is 9.65 Å². The Labute approximate surface area is 151 Å². The van der Waals surface area contributed by atoms with E-state index in [0.717, 1.165) is 17.0 Å². The van der Waals surface area contributed by atoms with Crippen LogP contribution in [0.5, 0.6) is 0 Å². The molecule has 1 saturated carbocycles. The molecule has 0 spiro atoms. The standard InChI is InChI=1S/C22H28NOP/c1-2-12-22(19-13-6-3-7-14-19)23-25(24,20-15-8-4-9-16-20)21-17-10-5-11-18-21/h2,4-5,8-11,15-19,22H,1,3,6-7,12-14H2,(H,23,24). The molecule has 3 heteroatoms. The molecule has 25 heavy (non-hydrogen) atoms. The Kier molecular flexibility index (Phi) is 6.29. The molecule has 1 aliphatic carbocycles. The van der Waals surface area contributed by atoms with Gasteiger partial charge in [0.25, 0.3) is 0 Å². The minimum absolute atomic E-state index is 0.212. The molecule has 0 amide bonds. The van der Waals surface area contributed by atoms with Crippen LogP contribution in [-0.4, -0.2) is 6.04 Å². The van der Waals surface area contributed by atoms with E-state index in [1.165, 1.54) is 32.1 Å². The van der Waals surface area contributed by atoms with Crippen molar-refractivity contribution in [1.82, 2.24) is 5.09 Å². The summed E-state index contributed by atoms with van der Waals surface area (Å²) in [7, 11) is -2.87. The van der Waals surface area contributed by atoms with E-state index in [-0.39, 0.29) is 6.04 Å². The second-order valence-electron chi connectivity index (χ2n) is 6.94. The molecule has 1 N–H and O–H groups in total. The first kappa shape index (κ1) is 18.2. The van der Waals surface area contributed by atoms with Crippen LogP contribution in [0.4, 0.5) is 0 Å². The zero-order valence-electron chi connectivity index (χ0n) is 14.8. The third-order valence-electron chi connectivity index (χ3n) is 5.23. The fourth-order valence-corrected chi connectivity index (χ4v) is 6.44. The van der Waals surface area contributed by atoms with Gasteiger partial charge in [0, 0.05) is 16.7 Å². The minimum Gasteiger partial charge on any atom is -0.297 e. The molecule has 0 bridgehead atoms. The Balaban J connectivity index is 1.96. The first-order chi connectivity index (χ1) is 12.2. The molecule has 2 aromatic rings. The third-order valence-corrected chi connectivity index (χ3v) is 7.97. The molecule has 2 aromatic carbocycles. The summed E-state index contributed by atoms with van der Waals surface area (Å²) in [6.45, 7) is 3.94. The summed E-state index contributed by atoms with van der Waals surface area (Å²) < 4.78 is 14.2. The molecule has 1 aliphatic rings. The molecule has 1 fully saturated rings. The maximum atomic E-state index is 14.2. The molecule has 0 saturated heterocycles. The van der Waals surface area contributed by atoms with Gasteiger partial charge in [0.05, 0.1) is 0 Å². The van der Waals surface area contributed by atoms with Crippen LogP contribution in [0, 0.1) is 5.92 Å². The number of hydrogen-bond donors (Lipinski definition) is 1. The van der Waals surface area contributed by atoms with E-state index in [0.29, 0.717) is 5.92 Å². The van der Waals surface area contributed by atoms with Crippen molar-refractivity contribution in [1.29, 1.82) is 0 Å². The molecule has 0 aliphatic heterocycles. The molecule has 0 radical (unpaired) electrons. The third kappa shape index (κ3) is 4.32. The first-order valence-electron chi connectivity index (χ1n) is 9.34. The van der Waals surface area contributed by atoms with Gasteiger partial charge < -0.3 is 0 Å². The van der Waals surface area contributed by atoms with Crippen molar-refractivity contribution in [2.24, 2.45) is 5.92 Å². The van der Waals surface area contributed by atoms with Crippen LogP contribution in [-0.2, 0) is 4.57 Å². The van der Waals surface area contributed by atoms with Crippen LogP contribution in [0.1, 0.15) is 38.5 Å². The summed E-state index contributed by atoms with van der Waals surface area (Å²) in [4.78, 5) is 0. The van der Waals surface area contributed by atoms with Crippen molar-refractivity contribution in [2.75, 3.05) is 0 Å². The summed E-state index contributed by atoms with van der Waals surface area (Å²) in [5.74, 6) is 0.576. The van der Waals surface area contributed by atoms with E-state index in [1.54, 1.807) is 0 Å². The van der Waals surface area contributed by atoms with Crippen LogP contribution in [0.3, 0.4) is 0 Å². The number of hydrogen-bond acceptors (Lipinski definition) is 1. The van der Waals surface area contributed by atoms with Gasteiger partial charge in [-0.1, -0.05) is 61.7 Å². The molecule has 132 valence electrons. The summed E-state index contributed by atoms with van der Waals surface area (Å²) in [6, 6.07) is 19.9. The second kappa shape index (κ2) is 8.65. The van der Waals surface area contributed by atoms with E-state index < -0.39 is 7.29 Å². The normalized spacial score (nSPS) is 17.1. The van der Waals surface area contributed by atoms with Crippen molar-refractivity contribution in [2.45, 2.75) is 44.6 Å². The summed E-state index contributed by atoms with van der Waals surface area (Å²) in [5, 5.41) is 5.38. The predicted molar refractivity (Wildman–Crippen MR) is 108 cm³/mol. The topological polar surface area (TPSA) is 29.1 Å². The SMILES string of the molecule is C=CCC(NP(=O)(c1ccccc1)c1ccccc1)C1CCCCC1.